The number of carbonyl (C=O) groups is 1. The van der Waals surface area contributed by atoms with Crippen molar-refractivity contribution in [3.8, 4) is 5.69 Å². The molecule has 0 unspecified atom stereocenters. The van der Waals surface area contributed by atoms with Crippen LogP contribution >= 0.6 is 11.8 Å². The number of amides is 1. The monoisotopic (exact) mass is 382 g/mol. The molecular formula is C20H22N4O2S. The van der Waals surface area contributed by atoms with E-state index in [1.165, 1.54) is 16.3 Å². The Bertz CT molecular complexity index is 1000. The van der Waals surface area contributed by atoms with Crippen LogP contribution in [0, 0.1) is 5.92 Å². The van der Waals surface area contributed by atoms with Gasteiger partial charge in [0.2, 0.25) is 5.91 Å². The van der Waals surface area contributed by atoms with Crippen molar-refractivity contribution in [3.63, 3.8) is 0 Å². The van der Waals surface area contributed by atoms with Gasteiger partial charge in [-0.3, -0.25) is 19.1 Å². The maximum atomic E-state index is 13.0. The molecule has 6 nitrogen and oxygen atoms in total. The zero-order valence-electron chi connectivity index (χ0n) is 15.5. The molecule has 2 heterocycles. The summed E-state index contributed by atoms with van der Waals surface area (Å²) in [5, 5.41) is 3.98. The molecule has 27 heavy (non-hydrogen) atoms. The molecule has 1 amide bonds. The molecular weight excluding hydrogens is 360 g/mol. The van der Waals surface area contributed by atoms with Gasteiger partial charge >= 0.3 is 0 Å². The maximum Gasteiger partial charge on any atom is 0.266 e. The predicted octanol–water partition coefficient (Wildman–Crippen LogP) is 3.03. The van der Waals surface area contributed by atoms with Crippen molar-refractivity contribution in [1.82, 2.24) is 19.9 Å². The van der Waals surface area contributed by atoms with Crippen LogP contribution < -0.4 is 10.9 Å². The van der Waals surface area contributed by atoms with Gasteiger partial charge in [0.05, 0.1) is 28.5 Å². The van der Waals surface area contributed by atoms with Crippen LogP contribution in [0.1, 0.15) is 20.8 Å². The van der Waals surface area contributed by atoms with E-state index in [4.69, 9.17) is 0 Å². The number of para-hydroxylation sites is 1. The average Bonchev–Trinajstić information content (AvgIpc) is 2.67. The molecule has 0 fully saturated rings. The first kappa shape index (κ1) is 19.1. The van der Waals surface area contributed by atoms with Crippen LogP contribution in [0.25, 0.3) is 16.6 Å². The van der Waals surface area contributed by atoms with Crippen LogP contribution in [-0.2, 0) is 4.79 Å². The molecule has 1 aromatic carbocycles. The maximum absolute atomic E-state index is 13.0. The second kappa shape index (κ2) is 8.35. The van der Waals surface area contributed by atoms with Crippen molar-refractivity contribution in [1.29, 1.82) is 0 Å². The summed E-state index contributed by atoms with van der Waals surface area (Å²) in [5.41, 5.74) is 1.06. The predicted molar refractivity (Wildman–Crippen MR) is 108 cm³/mol. The number of pyridine rings is 1. The van der Waals surface area contributed by atoms with Crippen molar-refractivity contribution in [3.05, 3.63) is 59.1 Å². The third-order valence-corrected chi connectivity index (χ3v) is 5.31. The number of hydrogen-bond donors (Lipinski definition) is 1. The molecule has 0 saturated carbocycles. The molecule has 3 rings (SSSR count). The number of aromatic nitrogens is 3. The summed E-state index contributed by atoms with van der Waals surface area (Å²) in [4.78, 5) is 34.0. The second-order valence-corrected chi connectivity index (χ2v) is 7.59. The summed E-state index contributed by atoms with van der Waals surface area (Å²) in [6.45, 7) is 6.10. The third kappa shape index (κ3) is 4.36. The van der Waals surface area contributed by atoms with Gasteiger partial charge in [-0.2, -0.15) is 0 Å². The van der Waals surface area contributed by atoms with Crippen molar-refractivity contribution in [2.45, 2.75) is 32.0 Å². The van der Waals surface area contributed by atoms with Gasteiger partial charge in [0.1, 0.15) is 0 Å². The lowest BCUT2D eigenvalue weighted by Gasteiger charge is -2.17. The highest BCUT2D eigenvalue weighted by atomic mass is 32.2. The minimum Gasteiger partial charge on any atom is -0.353 e. The minimum absolute atomic E-state index is 0.0821. The Morgan fingerprint density at radius 2 is 1.96 bits per heavy atom. The second-order valence-electron chi connectivity index (χ2n) is 6.65. The first-order valence-corrected chi connectivity index (χ1v) is 9.80. The minimum atomic E-state index is -0.174. The number of benzene rings is 1. The SMILES string of the molecule is CC(C)[C@H](C)NC(=O)CSc1nc2ccccc2c(=O)n1-c1cccnc1. The van der Waals surface area contributed by atoms with Crippen molar-refractivity contribution < 1.29 is 4.79 Å². The number of fused-ring (bicyclic) bond motifs is 1. The number of nitrogens with one attached hydrogen (secondary N) is 1. The van der Waals surface area contributed by atoms with Crippen molar-refractivity contribution >= 4 is 28.6 Å². The lowest BCUT2D eigenvalue weighted by atomic mass is 10.1. The molecule has 0 radical (unpaired) electrons. The van der Waals surface area contributed by atoms with E-state index in [1.54, 1.807) is 36.7 Å². The summed E-state index contributed by atoms with van der Waals surface area (Å²) < 4.78 is 1.51. The van der Waals surface area contributed by atoms with E-state index < -0.39 is 0 Å². The van der Waals surface area contributed by atoms with Gasteiger partial charge in [-0.15, -0.1) is 0 Å². The fraction of sp³-hybridized carbons (Fsp3) is 0.300. The molecule has 0 bridgehead atoms. The van der Waals surface area contributed by atoms with Crippen LogP contribution in [0.3, 0.4) is 0 Å². The van der Waals surface area contributed by atoms with Gasteiger partial charge in [-0.1, -0.05) is 37.7 Å². The molecule has 0 aliphatic heterocycles. The highest BCUT2D eigenvalue weighted by Crippen LogP contribution is 2.20. The zero-order chi connectivity index (χ0) is 19.4. The topological polar surface area (TPSA) is 76.9 Å². The Hall–Kier alpha value is -2.67. The van der Waals surface area contributed by atoms with E-state index in [0.717, 1.165) is 0 Å². The standard InChI is InChI=1S/C20H22N4O2S/c1-13(2)14(3)22-18(25)12-27-20-23-17-9-5-4-8-16(17)19(26)24(20)15-7-6-10-21-11-15/h4-11,13-14H,12H2,1-3H3,(H,22,25)/t14-/m0/s1. The number of thioether (sulfide) groups is 1. The summed E-state index contributed by atoms with van der Waals surface area (Å²) in [6, 6.07) is 10.9. The summed E-state index contributed by atoms with van der Waals surface area (Å²) in [5.74, 6) is 0.454. The van der Waals surface area contributed by atoms with Crippen LogP contribution in [-0.4, -0.2) is 32.2 Å². The highest BCUT2D eigenvalue weighted by Gasteiger charge is 2.16. The van der Waals surface area contributed by atoms with Gasteiger partial charge < -0.3 is 5.32 Å². The average molecular weight is 382 g/mol. The van der Waals surface area contributed by atoms with Crippen LogP contribution in [0.5, 0.6) is 0 Å². The number of hydrogen-bond acceptors (Lipinski definition) is 5. The van der Waals surface area contributed by atoms with Gasteiger partial charge in [0.15, 0.2) is 5.16 Å². The molecule has 7 heteroatoms. The Kier molecular flexibility index (Phi) is 5.91. The number of carbonyl (C=O) groups excluding carboxylic acids is 1. The Morgan fingerprint density at radius 3 is 2.67 bits per heavy atom. The van der Waals surface area contributed by atoms with Crippen LogP contribution in [0.2, 0.25) is 0 Å². The van der Waals surface area contributed by atoms with E-state index in [-0.39, 0.29) is 23.3 Å². The summed E-state index contributed by atoms with van der Waals surface area (Å²) >= 11 is 1.24. The molecule has 0 saturated heterocycles. The molecule has 1 atom stereocenters. The Labute approximate surface area is 162 Å². The summed E-state index contributed by atoms with van der Waals surface area (Å²) in [6.07, 6.45) is 3.26. The quantitative estimate of drug-likeness (QED) is 0.524. The fourth-order valence-corrected chi connectivity index (χ4v) is 3.34. The first-order valence-electron chi connectivity index (χ1n) is 8.81. The molecule has 0 aliphatic rings. The van der Waals surface area contributed by atoms with Gasteiger partial charge in [-0.05, 0) is 37.1 Å². The lowest BCUT2D eigenvalue weighted by molar-refractivity contribution is -0.119. The normalized spacial score (nSPS) is 12.3. The Morgan fingerprint density at radius 1 is 1.19 bits per heavy atom. The van der Waals surface area contributed by atoms with E-state index in [1.807, 2.05) is 19.1 Å². The Balaban J connectivity index is 1.96. The van der Waals surface area contributed by atoms with E-state index in [2.05, 4.69) is 29.1 Å². The van der Waals surface area contributed by atoms with E-state index in [9.17, 15) is 9.59 Å². The fourth-order valence-electron chi connectivity index (χ4n) is 2.52. The summed E-state index contributed by atoms with van der Waals surface area (Å²) in [7, 11) is 0. The number of rotatable bonds is 6. The zero-order valence-corrected chi connectivity index (χ0v) is 16.4. The van der Waals surface area contributed by atoms with Gasteiger partial charge in [0, 0.05) is 12.2 Å². The van der Waals surface area contributed by atoms with Crippen molar-refractivity contribution in [2.75, 3.05) is 5.75 Å². The molecule has 3 aromatic rings. The highest BCUT2D eigenvalue weighted by molar-refractivity contribution is 7.99. The largest absolute Gasteiger partial charge is 0.353 e. The lowest BCUT2D eigenvalue weighted by Crippen LogP contribution is -2.37. The van der Waals surface area contributed by atoms with E-state index in [0.29, 0.717) is 27.7 Å². The van der Waals surface area contributed by atoms with E-state index >= 15 is 0 Å². The molecule has 0 spiro atoms. The molecule has 140 valence electrons. The van der Waals surface area contributed by atoms with Crippen LogP contribution in [0.15, 0.2) is 58.7 Å². The first-order chi connectivity index (χ1) is 13.0. The van der Waals surface area contributed by atoms with Gasteiger partial charge in [0.25, 0.3) is 5.56 Å². The number of nitrogens with zero attached hydrogens (tertiary/aromatic N) is 3. The van der Waals surface area contributed by atoms with Crippen LogP contribution in [0.4, 0.5) is 0 Å². The van der Waals surface area contributed by atoms with Gasteiger partial charge in [-0.25, -0.2) is 4.98 Å². The third-order valence-electron chi connectivity index (χ3n) is 4.37. The molecule has 0 aliphatic carbocycles. The van der Waals surface area contributed by atoms with Crippen molar-refractivity contribution in [2.24, 2.45) is 5.92 Å². The molecule has 2 aromatic heterocycles. The smallest absolute Gasteiger partial charge is 0.266 e. The molecule has 1 N–H and O–H groups in total.